The summed E-state index contributed by atoms with van der Waals surface area (Å²) in [6.07, 6.45) is 5.17. The highest BCUT2D eigenvalue weighted by Crippen LogP contribution is 2.26. The van der Waals surface area contributed by atoms with Crippen molar-refractivity contribution < 1.29 is 9.53 Å². The molecule has 6 nitrogen and oxygen atoms in total. The number of benzene rings is 1. The summed E-state index contributed by atoms with van der Waals surface area (Å²) in [5, 5.41) is 6.52. The Bertz CT molecular complexity index is 719. The third-order valence-electron chi connectivity index (χ3n) is 5.79. The van der Waals surface area contributed by atoms with Gasteiger partial charge in [-0.3, -0.25) is 9.79 Å². The standard InChI is InChI=1S/C23H36N4O2.HI/c1-4-24-23(25-12-11-22(28)26-19-7-5-6-8-19)27-13-14-29-21(16-27)20-10-9-17(2)15-18(20)3;/h9-10,15,19,21H,4-8,11-14,16H2,1-3H3,(H,24,25)(H,26,28);1H. The highest BCUT2D eigenvalue weighted by atomic mass is 127. The highest BCUT2D eigenvalue weighted by molar-refractivity contribution is 14.0. The molecule has 1 heterocycles. The second-order valence-electron chi connectivity index (χ2n) is 8.20. The van der Waals surface area contributed by atoms with Gasteiger partial charge in [-0.15, -0.1) is 24.0 Å². The Morgan fingerprint density at radius 2 is 2.03 bits per heavy atom. The van der Waals surface area contributed by atoms with Crippen LogP contribution in [-0.2, 0) is 9.53 Å². The molecule has 1 unspecified atom stereocenters. The smallest absolute Gasteiger partial charge is 0.222 e. The molecule has 0 spiro atoms. The van der Waals surface area contributed by atoms with Crippen molar-refractivity contribution in [2.75, 3.05) is 32.8 Å². The summed E-state index contributed by atoms with van der Waals surface area (Å²) in [6, 6.07) is 6.90. The quantitative estimate of drug-likeness (QED) is 0.336. The van der Waals surface area contributed by atoms with Gasteiger partial charge in [0.15, 0.2) is 5.96 Å². The molecule has 1 aromatic carbocycles. The summed E-state index contributed by atoms with van der Waals surface area (Å²) in [7, 11) is 0. The number of ether oxygens (including phenoxy) is 1. The van der Waals surface area contributed by atoms with Gasteiger partial charge in [-0.25, -0.2) is 0 Å². The van der Waals surface area contributed by atoms with Gasteiger partial charge < -0.3 is 20.3 Å². The van der Waals surface area contributed by atoms with E-state index in [1.165, 1.54) is 29.5 Å². The molecular formula is C23H37IN4O2. The highest BCUT2D eigenvalue weighted by Gasteiger charge is 2.25. The van der Waals surface area contributed by atoms with E-state index in [-0.39, 0.29) is 36.0 Å². The van der Waals surface area contributed by atoms with Crippen LogP contribution in [-0.4, -0.2) is 55.6 Å². The molecule has 2 aliphatic rings. The number of guanidine groups is 1. The Morgan fingerprint density at radius 1 is 1.27 bits per heavy atom. The number of nitrogens with one attached hydrogen (secondary N) is 2. The maximum atomic E-state index is 12.2. The minimum Gasteiger partial charge on any atom is -0.370 e. The van der Waals surface area contributed by atoms with E-state index in [0.29, 0.717) is 25.6 Å². The lowest BCUT2D eigenvalue weighted by atomic mass is 10.00. The van der Waals surface area contributed by atoms with E-state index in [0.717, 1.165) is 38.4 Å². The van der Waals surface area contributed by atoms with Gasteiger partial charge in [0.1, 0.15) is 6.10 Å². The lowest BCUT2D eigenvalue weighted by molar-refractivity contribution is -0.121. The zero-order chi connectivity index (χ0) is 20.6. The van der Waals surface area contributed by atoms with E-state index < -0.39 is 0 Å². The Balaban J connectivity index is 0.00000320. The van der Waals surface area contributed by atoms with Gasteiger partial charge in [0, 0.05) is 25.6 Å². The molecule has 0 aromatic heterocycles. The van der Waals surface area contributed by atoms with Crippen LogP contribution in [0.15, 0.2) is 23.2 Å². The van der Waals surface area contributed by atoms with Gasteiger partial charge in [0.05, 0.1) is 19.7 Å². The molecular weight excluding hydrogens is 491 g/mol. The SMILES string of the molecule is CCNC(=NCCC(=O)NC1CCCC1)N1CCOC(c2ccc(C)cc2C)C1.I. The zero-order valence-electron chi connectivity index (χ0n) is 18.6. The number of aliphatic imine (C=N–C) groups is 1. The largest absolute Gasteiger partial charge is 0.370 e. The molecule has 1 aliphatic heterocycles. The van der Waals surface area contributed by atoms with E-state index in [1.807, 2.05) is 0 Å². The average Bonchev–Trinajstić information content (AvgIpc) is 3.20. The van der Waals surface area contributed by atoms with Crippen LogP contribution in [0.3, 0.4) is 0 Å². The van der Waals surface area contributed by atoms with Crippen molar-refractivity contribution in [2.24, 2.45) is 4.99 Å². The van der Waals surface area contributed by atoms with Crippen molar-refractivity contribution in [3.8, 4) is 0 Å². The number of carbonyl (C=O) groups excluding carboxylic acids is 1. The second kappa shape index (κ2) is 12.5. The predicted molar refractivity (Wildman–Crippen MR) is 133 cm³/mol. The fraction of sp³-hybridized carbons (Fsp3) is 0.652. The number of carbonyl (C=O) groups is 1. The number of morpholine rings is 1. The molecule has 1 saturated heterocycles. The van der Waals surface area contributed by atoms with E-state index in [4.69, 9.17) is 9.73 Å². The second-order valence-corrected chi connectivity index (χ2v) is 8.20. The molecule has 168 valence electrons. The summed E-state index contributed by atoms with van der Waals surface area (Å²) < 4.78 is 6.07. The maximum absolute atomic E-state index is 12.2. The first-order chi connectivity index (χ1) is 14.1. The summed E-state index contributed by atoms with van der Waals surface area (Å²) in [6.45, 7) is 9.89. The number of amides is 1. The average molecular weight is 528 g/mol. The molecule has 2 fully saturated rings. The van der Waals surface area contributed by atoms with Crippen molar-refractivity contribution in [1.29, 1.82) is 0 Å². The molecule has 1 aliphatic carbocycles. The summed E-state index contributed by atoms with van der Waals surface area (Å²) in [4.78, 5) is 19.2. The minimum atomic E-state index is 0. The molecule has 0 bridgehead atoms. The van der Waals surface area contributed by atoms with Crippen LogP contribution in [0.4, 0.5) is 0 Å². The van der Waals surface area contributed by atoms with Crippen LogP contribution < -0.4 is 10.6 Å². The first-order valence-corrected chi connectivity index (χ1v) is 11.1. The van der Waals surface area contributed by atoms with Gasteiger partial charge in [0.25, 0.3) is 0 Å². The minimum absolute atomic E-state index is 0. The van der Waals surface area contributed by atoms with Crippen molar-refractivity contribution in [1.82, 2.24) is 15.5 Å². The molecule has 2 N–H and O–H groups in total. The van der Waals surface area contributed by atoms with E-state index >= 15 is 0 Å². The number of hydrogen-bond acceptors (Lipinski definition) is 3. The Hall–Kier alpha value is -1.35. The number of nitrogens with zero attached hydrogens (tertiary/aromatic N) is 2. The molecule has 1 saturated carbocycles. The van der Waals surface area contributed by atoms with Crippen molar-refractivity contribution in [3.05, 3.63) is 34.9 Å². The Labute approximate surface area is 198 Å². The molecule has 1 aromatic rings. The van der Waals surface area contributed by atoms with Crippen molar-refractivity contribution >= 4 is 35.8 Å². The topological polar surface area (TPSA) is 66.0 Å². The van der Waals surface area contributed by atoms with Crippen molar-refractivity contribution in [2.45, 2.75) is 65.0 Å². The summed E-state index contributed by atoms with van der Waals surface area (Å²) in [5.74, 6) is 0.992. The fourth-order valence-corrected chi connectivity index (χ4v) is 4.28. The fourth-order valence-electron chi connectivity index (χ4n) is 4.28. The van der Waals surface area contributed by atoms with Crippen LogP contribution in [0.25, 0.3) is 0 Å². The van der Waals surface area contributed by atoms with E-state index in [2.05, 4.69) is 54.5 Å². The van der Waals surface area contributed by atoms with Gasteiger partial charge >= 0.3 is 0 Å². The van der Waals surface area contributed by atoms with Gasteiger partial charge in [-0.05, 0) is 44.7 Å². The monoisotopic (exact) mass is 528 g/mol. The van der Waals surface area contributed by atoms with Gasteiger partial charge in [0.2, 0.25) is 5.91 Å². The third-order valence-corrected chi connectivity index (χ3v) is 5.79. The molecule has 0 radical (unpaired) electrons. The molecule has 1 amide bonds. The van der Waals surface area contributed by atoms with Gasteiger partial charge in [-0.2, -0.15) is 0 Å². The van der Waals surface area contributed by atoms with E-state index in [9.17, 15) is 4.79 Å². The van der Waals surface area contributed by atoms with Crippen LogP contribution in [0.1, 0.15) is 61.8 Å². The van der Waals surface area contributed by atoms with Crippen LogP contribution in [0.5, 0.6) is 0 Å². The zero-order valence-corrected chi connectivity index (χ0v) is 20.9. The van der Waals surface area contributed by atoms with Crippen molar-refractivity contribution in [3.63, 3.8) is 0 Å². The molecule has 7 heteroatoms. The normalized spacial score (nSPS) is 20.0. The van der Waals surface area contributed by atoms with E-state index in [1.54, 1.807) is 0 Å². The lowest BCUT2D eigenvalue weighted by Gasteiger charge is -2.36. The first kappa shape index (κ1) is 24.9. The number of halogens is 1. The number of hydrogen-bond donors (Lipinski definition) is 2. The van der Waals surface area contributed by atoms with Crippen LogP contribution in [0, 0.1) is 13.8 Å². The van der Waals surface area contributed by atoms with Crippen LogP contribution in [0.2, 0.25) is 0 Å². The number of rotatable bonds is 6. The first-order valence-electron chi connectivity index (χ1n) is 11.1. The Morgan fingerprint density at radius 3 is 2.73 bits per heavy atom. The third kappa shape index (κ3) is 7.11. The molecule has 3 rings (SSSR count). The lowest BCUT2D eigenvalue weighted by Crippen LogP contribution is -2.48. The number of aryl methyl sites for hydroxylation is 2. The Kier molecular flexibility index (Phi) is 10.4. The molecule has 1 atom stereocenters. The predicted octanol–water partition coefficient (Wildman–Crippen LogP) is 3.71. The molecule has 30 heavy (non-hydrogen) atoms. The summed E-state index contributed by atoms with van der Waals surface area (Å²) in [5.41, 5.74) is 3.78. The van der Waals surface area contributed by atoms with Crippen LogP contribution >= 0.6 is 24.0 Å². The summed E-state index contributed by atoms with van der Waals surface area (Å²) >= 11 is 0. The maximum Gasteiger partial charge on any atom is 0.222 e. The van der Waals surface area contributed by atoms with Gasteiger partial charge in [-0.1, -0.05) is 36.6 Å².